The molecule has 0 fully saturated rings. The van der Waals surface area contributed by atoms with Crippen molar-refractivity contribution in [2.45, 2.75) is 20.9 Å². The van der Waals surface area contributed by atoms with Crippen LogP contribution in [-0.4, -0.2) is 33.6 Å². The highest BCUT2D eigenvalue weighted by Gasteiger charge is 2.27. The van der Waals surface area contributed by atoms with Crippen molar-refractivity contribution in [3.8, 4) is 11.1 Å². The fourth-order valence-electron chi connectivity index (χ4n) is 3.14. The Morgan fingerprint density at radius 3 is 2.44 bits per heavy atom. The molecule has 0 unspecified atom stereocenters. The molecule has 0 aliphatic rings. The van der Waals surface area contributed by atoms with Crippen molar-refractivity contribution in [1.29, 1.82) is 5.41 Å². The van der Waals surface area contributed by atoms with Gasteiger partial charge in [0, 0.05) is 0 Å². The number of nitrogen functional groups attached to an aromatic ring is 1. The summed E-state index contributed by atoms with van der Waals surface area (Å²) in [5.41, 5.74) is 16.6. The number of hydrogen-bond acceptors (Lipinski definition) is 7. The first-order chi connectivity index (χ1) is 15.2. The number of guanidine groups is 1. The molecule has 168 valence electrons. The van der Waals surface area contributed by atoms with Gasteiger partial charge in [-0.3, -0.25) is 10.2 Å². The van der Waals surface area contributed by atoms with Gasteiger partial charge in [0.1, 0.15) is 5.84 Å². The van der Waals surface area contributed by atoms with Gasteiger partial charge in [0.2, 0.25) is 15.8 Å². The molecule has 2 aromatic carbocycles. The lowest BCUT2D eigenvalue weighted by Gasteiger charge is -2.13. The lowest BCUT2D eigenvalue weighted by atomic mass is 10.0. The van der Waals surface area contributed by atoms with Crippen molar-refractivity contribution in [2.75, 3.05) is 13.4 Å². The normalized spacial score (nSPS) is 12.0. The number of nitrogens with zero attached hydrogens (tertiary/aromatic N) is 1. The summed E-state index contributed by atoms with van der Waals surface area (Å²) in [6.45, 7) is 1.78. The maximum Gasteiger partial charge on any atom is 0.218 e. The average molecular weight is 490 g/mol. The van der Waals surface area contributed by atoms with Crippen molar-refractivity contribution in [3.63, 3.8) is 0 Å². The van der Waals surface area contributed by atoms with E-state index in [-0.39, 0.29) is 21.6 Å². The molecule has 3 aromatic rings. The van der Waals surface area contributed by atoms with Crippen molar-refractivity contribution < 1.29 is 13.3 Å². The summed E-state index contributed by atoms with van der Waals surface area (Å²) >= 11 is 2.52. The summed E-state index contributed by atoms with van der Waals surface area (Å²) in [5, 5.41) is 7.66. The molecule has 8 nitrogen and oxygen atoms in total. The first kappa shape index (κ1) is 23.8. The van der Waals surface area contributed by atoms with Crippen LogP contribution >= 0.6 is 23.1 Å². The molecule has 0 radical (unpaired) electrons. The van der Waals surface area contributed by atoms with Crippen LogP contribution in [0.3, 0.4) is 0 Å². The molecule has 0 bridgehead atoms. The zero-order chi connectivity index (χ0) is 23.5. The minimum absolute atomic E-state index is 0.120. The Hall–Kier alpha value is -2.86. The van der Waals surface area contributed by atoms with Gasteiger partial charge in [0.15, 0.2) is 0 Å². The third-order valence-corrected chi connectivity index (χ3v) is 9.10. The smallest absolute Gasteiger partial charge is 0.218 e. The highest BCUT2D eigenvalue weighted by molar-refractivity contribution is 8.01. The number of hydroxylamine groups is 1. The van der Waals surface area contributed by atoms with Crippen LogP contribution < -0.4 is 16.9 Å². The van der Waals surface area contributed by atoms with Crippen LogP contribution in [0.15, 0.2) is 67.5 Å². The number of thioether (sulfide) groups is 1. The molecule has 3 rings (SSSR count). The number of thiophene rings is 1. The summed E-state index contributed by atoms with van der Waals surface area (Å²) < 4.78 is 27.6. The Kier molecular flexibility index (Phi) is 7.24. The molecule has 6 N–H and O–H groups in total. The lowest BCUT2D eigenvalue weighted by Crippen LogP contribution is -2.29. The maximum atomic E-state index is 13.5. The molecule has 32 heavy (non-hydrogen) atoms. The minimum atomic E-state index is -3.81. The standard InChI is InChI=1S/C21H23N5O3S3/c1-12-15(13-7-9-14(10-8-13)25-21(24)26-29-2)5-4-6-17(12)32(27,28)18-11-16(19(22)23)31-20(18)30-3/h4-11H,1-3H3,(H3,22,23)(H3,24,25,26). The van der Waals surface area contributed by atoms with E-state index in [1.807, 2.05) is 18.2 Å². The summed E-state index contributed by atoms with van der Waals surface area (Å²) in [4.78, 5) is 9.71. The number of nitrogens with two attached hydrogens (primary N) is 2. The molecule has 0 aliphatic heterocycles. The highest BCUT2D eigenvalue weighted by Crippen LogP contribution is 2.39. The largest absolute Gasteiger partial charge is 0.383 e. The van der Waals surface area contributed by atoms with Gasteiger partial charge in [-0.2, -0.15) is 0 Å². The highest BCUT2D eigenvalue weighted by atomic mass is 32.2. The summed E-state index contributed by atoms with van der Waals surface area (Å²) in [6.07, 6.45) is 1.80. The third kappa shape index (κ3) is 4.80. The van der Waals surface area contributed by atoms with Crippen LogP contribution in [0.5, 0.6) is 0 Å². The number of aliphatic imine (C=N–C) groups is 1. The number of sulfone groups is 1. The molecular weight excluding hydrogens is 466 g/mol. The van der Waals surface area contributed by atoms with Crippen LogP contribution in [0.2, 0.25) is 0 Å². The quantitative estimate of drug-likeness (QED) is 0.172. The second-order valence-corrected chi connectivity index (χ2v) is 10.7. The second kappa shape index (κ2) is 9.74. The Morgan fingerprint density at radius 1 is 1.16 bits per heavy atom. The van der Waals surface area contributed by atoms with Gasteiger partial charge in [-0.1, -0.05) is 24.3 Å². The van der Waals surface area contributed by atoms with Crippen LogP contribution in [0.4, 0.5) is 5.69 Å². The predicted molar refractivity (Wildman–Crippen MR) is 131 cm³/mol. The van der Waals surface area contributed by atoms with Gasteiger partial charge in [0.05, 0.1) is 31.7 Å². The van der Waals surface area contributed by atoms with Gasteiger partial charge in [-0.25, -0.2) is 18.9 Å². The van der Waals surface area contributed by atoms with E-state index in [1.54, 1.807) is 37.4 Å². The van der Waals surface area contributed by atoms with Gasteiger partial charge >= 0.3 is 0 Å². The average Bonchev–Trinajstić information content (AvgIpc) is 3.20. The van der Waals surface area contributed by atoms with E-state index in [2.05, 4.69) is 10.5 Å². The number of hydrogen-bond donors (Lipinski definition) is 4. The van der Waals surface area contributed by atoms with Crippen LogP contribution in [-0.2, 0) is 14.7 Å². The van der Waals surface area contributed by atoms with E-state index < -0.39 is 9.84 Å². The van der Waals surface area contributed by atoms with Crippen LogP contribution in [0.25, 0.3) is 11.1 Å². The Bertz CT molecular complexity index is 1280. The molecule has 0 saturated heterocycles. The molecule has 0 spiro atoms. The number of amidine groups is 1. The van der Waals surface area contributed by atoms with Gasteiger partial charge < -0.3 is 11.5 Å². The number of nitrogens with one attached hydrogen (secondary N) is 2. The number of benzene rings is 2. The van der Waals surface area contributed by atoms with E-state index in [0.717, 1.165) is 11.1 Å². The van der Waals surface area contributed by atoms with E-state index in [0.29, 0.717) is 20.3 Å². The molecular formula is C21H23N5O3S3. The molecule has 0 saturated carbocycles. The fourth-order valence-corrected chi connectivity index (χ4v) is 7.26. The zero-order valence-electron chi connectivity index (χ0n) is 17.7. The monoisotopic (exact) mass is 489 g/mol. The van der Waals surface area contributed by atoms with Crippen LogP contribution in [0, 0.1) is 12.3 Å². The molecule has 0 amide bonds. The Balaban J connectivity index is 2.04. The summed E-state index contributed by atoms with van der Waals surface area (Å²) in [6, 6.07) is 13.9. The SMILES string of the molecule is CONC(N)=Nc1ccc(-c2cccc(S(=O)(=O)c3cc(C(=N)N)sc3SC)c2C)cc1. The molecule has 0 atom stereocenters. The number of rotatable bonds is 7. The second-order valence-electron chi connectivity index (χ2n) is 6.66. The third-order valence-electron chi connectivity index (χ3n) is 4.61. The van der Waals surface area contributed by atoms with E-state index in [9.17, 15) is 8.42 Å². The zero-order valence-corrected chi connectivity index (χ0v) is 20.1. The van der Waals surface area contributed by atoms with Crippen molar-refractivity contribution in [3.05, 3.63) is 59.0 Å². The topological polar surface area (TPSA) is 144 Å². The Morgan fingerprint density at radius 2 is 1.84 bits per heavy atom. The summed E-state index contributed by atoms with van der Waals surface area (Å²) in [7, 11) is -2.37. The molecule has 0 aliphatic carbocycles. The maximum absolute atomic E-state index is 13.5. The Labute approximate surface area is 195 Å². The lowest BCUT2D eigenvalue weighted by molar-refractivity contribution is 0.143. The van der Waals surface area contributed by atoms with Gasteiger partial charge in [-0.05, 0) is 54.1 Å². The van der Waals surface area contributed by atoms with Crippen molar-refractivity contribution in [2.24, 2.45) is 16.5 Å². The van der Waals surface area contributed by atoms with Gasteiger partial charge in [0.25, 0.3) is 0 Å². The van der Waals surface area contributed by atoms with E-state index in [4.69, 9.17) is 21.7 Å². The summed E-state index contributed by atoms with van der Waals surface area (Å²) in [5.74, 6) is -0.0314. The van der Waals surface area contributed by atoms with E-state index in [1.165, 1.54) is 36.3 Å². The first-order valence-electron chi connectivity index (χ1n) is 9.29. The predicted octanol–water partition coefficient (Wildman–Crippen LogP) is 3.66. The fraction of sp³-hybridized carbons (Fsp3) is 0.143. The van der Waals surface area contributed by atoms with Crippen LogP contribution in [0.1, 0.15) is 10.4 Å². The van der Waals surface area contributed by atoms with E-state index >= 15 is 0 Å². The minimum Gasteiger partial charge on any atom is -0.383 e. The first-order valence-corrected chi connectivity index (χ1v) is 12.8. The van der Waals surface area contributed by atoms with Crippen molar-refractivity contribution in [1.82, 2.24) is 5.48 Å². The van der Waals surface area contributed by atoms with Crippen molar-refractivity contribution >= 4 is 50.4 Å². The molecule has 1 heterocycles. The molecule has 1 aromatic heterocycles. The van der Waals surface area contributed by atoms with Gasteiger partial charge in [-0.15, -0.1) is 23.1 Å². The molecule has 11 heteroatoms.